The summed E-state index contributed by atoms with van der Waals surface area (Å²) in [6.45, 7) is 2.18. The Hall–Kier alpha value is -2.34. The van der Waals surface area contributed by atoms with Crippen molar-refractivity contribution in [3.8, 4) is 11.1 Å². The lowest BCUT2D eigenvalue weighted by molar-refractivity contribution is 0.726. The Balaban J connectivity index is 1.92. The van der Waals surface area contributed by atoms with E-state index in [1.807, 2.05) is 0 Å². The predicted octanol–water partition coefficient (Wildman–Crippen LogP) is 5.74. The predicted molar refractivity (Wildman–Crippen MR) is 93.2 cm³/mol. The lowest BCUT2D eigenvalue weighted by Crippen LogP contribution is -2.01. The minimum absolute atomic E-state index is 0.491. The Morgan fingerprint density at radius 1 is 0.773 bits per heavy atom. The molecular formula is C22H20. The quantitative estimate of drug-likeness (QED) is 0.534. The third-order valence-electron chi connectivity index (χ3n) is 4.80. The molecule has 0 aromatic heterocycles. The van der Waals surface area contributed by atoms with Gasteiger partial charge in [-0.05, 0) is 47.6 Å². The Morgan fingerprint density at radius 3 is 2.41 bits per heavy atom. The average Bonchev–Trinajstić information content (AvgIpc) is 2.73. The Bertz CT molecular complexity index is 799. The second-order valence-corrected chi connectivity index (χ2v) is 6.25. The first-order chi connectivity index (χ1) is 10.8. The van der Waals surface area contributed by atoms with Crippen LogP contribution in [0.5, 0.6) is 0 Å². The molecule has 0 radical (unpaired) electrons. The van der Waals surface area contributed by atoms with Gasteiger partial charge in [-0.2, -0.15) is 0 Å². The van der Waals surface area contributed by atoms with Gasteiger partial charge in [0.15, 0.2) is 0 Å². The minimum atomic E-state index is 0.491. The van der Waals surface area contributed by atoms with Gasteiger partial charge < -0.3 is 0 Å². The molecule has 0 saturated heterocycles. The molecule has 0 amide bonds. The van der Waals surface area contributed by atoms with Crippen LogP contribution in [0.25, 0.3) is 11.1 Å². The van der Waals surface area contributed by atoms with E-state index in [1.165, 1.54) is 39.8 Å². The van der Waals surface area contributed by atoms with Crippen molar-refractivity contribution in [3.63, 3.8) is 0 Å². The van der Waals surface area contributed by atoms with Crippen molar-refractivity contribution in [1.82, 2.24) is 0 Å². The normalized spacial score (nSPS) is 16.5. The van der Waals surface area contributed by atoms with Crippen LogP contribution in [0.2, 0.25) is 0 Å². The van der Waals surface area contributed by atoms with Crippen LogP contribution >= 0.6 is 0 Å². The van der Waals surface area contributed by atoms with Crippen LogP contribution in [0.1, 0.15) is 34.6 Å². The van der Waals surface area contributed by atoms with Crippen LogP contribution in [0, 0.1) is 6.92 Å². The molecule has 0 N–H and O–H groups in total. The van der Waals surface area contributed by atoms with Crippen molar-refractivity contribution in [2.45, 2.75) is 25.7 Å². The molecule has 0 bridgehead atoms. The molecule has 0 unspecified atom stereocenters. The summed E-state index contributed by atoms with van der Waals surface area (Å²) in [5.74, 6) is 0.491. The van der Waals surface area contributed by atoms with E-state index in [9.17, 15) is 0 Å². The molecule has 0 saturated carbocycles. The van der Waals surface area contributed by atoms with Gasteiger partial charge in [-0.3, -0.25) is 0 Å². The maximum Gasteiger partial charge on any atom is 0.00986 e. The molecule has 1 aliphatic carbocycles. The van der Waals surface area contributed by atoms with Crippen molar-refractivity contribution in [2.75, 3.05) is 0 Å². The van der Waals surface area contributed by atoms with E-state index in [-0.39, 0.29) is 0 Å². The maximum atomic E-state index is 2.35. The van der Waals surface area contributed by atoms with Crippen LogP contribution in [-0.4, -0.2) is 0 Å². The molecule has 0 heteroatoms. The molecule has 22 heavy (non-hydrogen) atoms. The summed E-state index contributed by atoms with van der Waals surface area (Å²) in [7, 11) is 0. The number of fused-ring (bicyclic) bond motifs is 3. The second-order valence-electron chi connectivity index (χ2n) is 6.25. The number of rotatable bonds is 1. The summed E-state index contributed by atoms with van der Waals surface area (Å²) in [6, 6.07) is 26.8. The maximum absolute atomic E-state index is 2.35. The summed E-state index contributed by atoms with van der Waals surface area (Å²) in [5, 5.41) is 0. The van der Waals surface area contributed by atoms with Crippen LogP contribution in [0.4, 0.5) is 0 Å². The largest absolute Gasteiger partial charge is 0.0622 e. The van der Waals surface area contributed by atoms with Gasteiger partial charge in [-0.1, -0.05) is 78.4 Å². The fourth-order valence-corrected chi connectivity index (χ4v) is 3.69. The molecular weight excluding hydrogens is 264 g/mol. The molecule has 0 spiro atoms. The van der Waals surface area contributed by atoms with Crippen molar-refractivity contribution < 1.29 is 0 Å². The highest BCUT2D eigenvalue weighted by Crippen LogP contribution is 2.41. The van der Waals surface area contributed by atoms with E-state index < -0.39 is 0 Å². The number of aryl methyl sites for hydroxylation is 2. The lowest BCUT2D eigenvalue weighted by Gasteiger charge is -2.18. The fraction of sp³-hybridized carbons (Fsp3) is 0.182. The van der Waals surface area contributed by atoms with E-state index in [0.29, 0.717) is 5.92 Å². The zero-order valence-electron chi connectivity index (χ0n) is 12.9. The molecule has 1 aliphatic rings. The van der Waals surface area contributed by atoms with E-state index >= 15 is 0 Å². The second kappa shape index (κ2) is 5.46. The van der Waals surface area contributed by atoms with Crippen LogP contribution < -0.4 is 0 Å². The highest BCUT2D eigenvalue weighted by molar-refractivity contribution is 5.73. The van der Waals surface area contributed by atoms with E-state index in [1.54, 1.807) is 0 Å². The molecule has 0 aliphatic heterocycles. The van der Waals surface area contributed by atoms with Crippen molar-refractivity contribution in [2.24, 2.45) is 0 Å². The van der Waals surface area contributed by atoms with Crippen LogP contribution in [0.3, 0.4) is 0 Å². The SMILES string of the molecule is Cc1ccc2c(c1)-c1ccccc1[C@H](c1ccccc1)CC2. The van der Waals surface area contributed by atoms with Gasteiger partial charge in [-0.25, -0.2) is 0 Å². The van der Waals surface area contributed by atoms with E-state index in [0.717, 1.165) is 6.42 Å². The van der Waals surface area contributed by atoms with Gasteiger partial charge in [0.25, 0.3) is 0 Å². The van der Waals surface area contributed by atoms with Gasteiger partial charge >= 0.3 is 0 Å². The summed E-state index contributed by atoms with van der Waals surface area (Å²) in [4.78, 5) is 0. The molecule has 3 aromatic carbocycles. The monoisotopic (exact) mass is 284 g/mol. The molecule has 1 atom stereocenters. The smallest absolute Gasteiger partial charge is 0.00986 e. The summed E-state index contributed by atoms with van der Waals surface area (Å²) in [5.41, 5.74) is 8.56. The molecule has 4 rings (SSSR count). The third-order valence-corrected chi connectivity index (χ3v) is 4.80. The molecule has 3 aromatic rings. The number of hydrogen-bond donors (Lipinski definition) is 0. The zero-order valence-corrected chi connectivity index (χ0v) is 12.9. The molecule has 108 valence electrons. The van der Waals surface area contributed by atoms with Crippen molar-refractivity contribution in [3.05, 3.63) is 95.1 Å². The Kier molecular flexibility index (Phi) is 3.31. The van der Waals surface area contributed by atoms with Gasteiger partial charge in [0.2, 0.25) is 0 Å². The first-order valence-corrected chi connectivity index (χ1v) is 8.07. The van der Waals surface area contributed by atoms with Crippen LogP contribution in [0.15, 0.2) is 72.8 Å². The Labute approximate surface area is 132 Å². The fourth-order valence-electron chi connectivity index (χ4n) is 3.69. The summed E-state index contributed by atoms with van der Waals surface area (Å²) >= 11 is 0. The van der Waals surface area contributed by atoms with Crippen molar-refractivity contribution >= 4 is 0 Å². The highest BCUT2D eigenvalue weighted by Gasteiger charge is 2.23. The van der Waals surface area contributed by atoms with Gasteiger partial charge in [0.1, 0.15) is 0 Å². The van der Waals surface area contributed by atoms with Gasteiger partial charge in [0, 0.05) is 5.92 Å². The van der Waals surface area contributed by atoms with Gasteiger partial charge in [-0.15, -0.1) is 0 Å². The van der Waals surface area contributed by atoms with Gasteiger partial charge in [0.05, 0.1) is 0 Å². The highest BCUT2D eigenvalue weighted by atomic mass is 14.3. The standard InChI is InChI=1S/C22H20/c1-16-11-12-18-13-14-19(17-7-3-2-4-8-17)20-9-5-6-10-21(20)22(18)15-16/h2-12,15,19H,13-14H2,1H3/t19-/m0/s1. The minimum Gasteiger partial charge on any atom is -0.0622 e. The van der Waals surface area contributed by atoms with E-state index in [4.69, 9.17) is 0 Å². The average molecular weight is 284 g/mol. The topological polar surface area (TPSA) is 0 Å². The van der Waals surface area contributed by atoms with Crippen molar-refractivity contribution in [1.29, 1.82) is 0 Å². The van der Waals surface area contributed by atoms with E-state index in [2.05, 4.69) is 79.7 Å². The molecule has 0 fully saturated rings. The Morgan fingerprint density at radius 2 is 1.55 bits per heavy atom. The van der Waals surface area contributed by atoms with Crippen LogP contribution in [-0.2, 0) is 6.42 Å². The number of benzene rings is 3. The zero-order chi connectivity index (χ0) is 14.9. The lowest BCUT2D eigenvalue weighted by atomic mass is 9.86. The number of hydrogen-bond acceptors (Lipinski definition) is 0. The molecule has 0 nitrogen and oxygen atoms in total. The first kappa shape index (κ1) is 13.3. The third kappa shape index (κ3) is 2.25. The summed E-state index contributed by atoms with van der Waals surface area (Å²) in [6.07, 6.45) is 2.32. The molecule has 0 heterocycles. The first-order valence-electron chi connectivity index (χ1n) is 8.07. The summed E-state index contributed by atoms with van der Waals surface area (Å²) < 4.78 is 0.